The van der Waals surface area contributed by atoms with E-state index in [-0.39, 0.29) is 17.3 Å². The minimum absolute atomic E-state index is 0.0816. The van der Waals surface area contributed by atoms with Gasteiger partial charge in [-0.3, -0.25) is 19.7 Å². The number of amides is 2. The number of anilines is 1. The maximum atomic E-state index is 12.6. The minimum atomic E-state index is -0.517. The number of hydrogen-bond acceptors (Lipinski definition) is 5. The lowest BCUT2D eigenvalue weighted by molar-refractivity contribution is -0.384. The predicted molar refractivity (Wildman–Crippen MR) is 128 cm³/mol. The van der Waals surface area contributed by atoms with Crippen LogP contribution in [0.1, 0.15) is 22.8 Å². The van der Waals surface area contributed by atoms with Gasteiger partial charge in [0, 0.05) is 48.3 Å². The molecule has 1 aromatic heterocycles. The first kappa shape index (κ1) is 22.5. The smallest absolute Gasteiger partial charge is 0.269 e. The zero-order valence-electron chi connectivity index (χ0n) is 18.4. The molecule has 0 bridgehead atoms. The molecule has 0 atom stereocenters. The number of hydrogen-bond donors (Lipinski definition) is 2. The standard InChI is InChI=1S/C25H22N4O5/c1-17(30)28(34-22-11-9-21(10-12-22)29(32)33)20-7-5-19(6-8-20)25(31)27-15-13-18-3-2-4-24-23(18)14-16-26-24/h2-12,14,16,26H,13,15H2,1H3,(H,27,31). The Morgan fingerprint density at radius 2 is 1.76 bits per heavy atom. The molecule has 0 unspecified atom stereocenters. The summed E-state index contributed by atoms with van der Waals surface area (Å²) in [6, 6.07) is 19.8. The number of carbonyl (C=O) groups is 2. The van der Waals surface area contributed by atoms with E-state index in [0.29, 0.717) is 24.2 Å². The van der Waals surface area contributed by atoms with Crippen LogP contribution in [-0.2, 0) is 11.2 Å². The molecule has 0 aliphatic heterocycles. The van der Waals surface area contributed by atoms with Gasteiger partial charge in [-0.2, -0.15) is 0 Å². The minimum Gasteiger partial charge on any atom is -0.372 e. The molecule has 9 heteroatoms. The summed E-state index contributed by atoms with van der Waals surface area (Å²) in [5, 5.41) is 15.9. The molecule has 0 fully saturated rings. The predicted octanol–water partition coefficient (Wildman–Crippen LogP) is 4.40. The number of nitro groups is 1. The highest BCUT2D eigenvalue weighted by molar-refractivity contribution is 5.95. The van der Waals surface area contributed by atoms with E-state index in [2.05, 4.69) is 10.3 Å². The molecule has 0 radical (unpaired) electrons. The largest absolute Gasteiger partial charge is 0.372 e. The summed E-state index contributed by atoms with van der Waals surface area (Å²) in [5.41, 5.74) is 2.99. The summed E-state index contributed by atoms with van der Waals surface area (Å²) in [4.78, 5) is 43.7. The fraction of sp³-hybridized carbons (Fsp3) is 0.120. The number of benzene rings is 3. The van der Waals surface area contributed by atoms with Crippen molar-refractivity contribution >= 4 is 34.1 Å². The average Bonchev–Trinajstić information content (AvgIpc) is 3.32. The Morgan fingerprint density at radius 1 is 1.03 bits per heavy atom. The zero-order valence-corrected chi connectivity index (χ0v) is 18.4. The number of nitro benzene ring substituents is 1. The van der Waals surface area contributed by atoms with E-state index in [1.807, 2.05) is 30.5 Å². The van der Waals surface area contributed by atoms with E-state index in [4.69, 9.17) is 4.84 Å². The quantitative estimate of drug-likeness (QED) is 0.300. The van der Waals surface area contributed by atoms with Crippen LogP contribution in [0.3, 0.4) is 0 Å². The van der Waals surface area contributed by atoms with Crippen molar-refractivity contribution in [2.24, 2.45) is 0 Å². The normalized spacial score (nSPS) is 10.6. The van der Waals surface area contributed by atoms with Gasteiger partial charge in [-0.15, -0.1) is 5.06 Å². The molecule has 0 aliphatic carbocycles. The van der Waals surface area contributed by atoms with Crippen LogP contribution in [0.25, 0.3) is 10.9 Å². The van der Waals surface area contributed by atoms with E-state index in [1.54, 1.807) is 24.3 Å². The van der Waals surface area contributed by atoms with Crippen LogP contribution < -0.4 is 15.2 Å². The summed E-state index contributed by atoms with van der Waals surface area (Å²) in [6.07, 6.45) is 2.59. The highest BCUT2D eigenvalue weighted by atomic mass is 16.7. The Balaban J connectivity index is 1.38. The average molecular weight is 458 g/mol. The van der Waals surface area contributed by atoms with Crippen molar-refractivity contribution < 1.29 is 19.3 Å². The van der Waals surface area contributed by atoms with Crippen LogP contribution in [0.15, 0.2) is 79.0 Å². The Labute approximate surface area is 195 Å². The lowest BCUT2D eigenvalue weighted by atomic mass is 10.1. The molecule has 4 rings (SSSR count). The first-order valence-electron chi connectivity index (χ1n) is 10.6. The van der Waals surface area contributed by atoms with Gasteiger partial charge >= 0.3 is 0 Å². The maximum absolute atomic E-state index is 12.6. The van der Waals surface area contributed by atoms with Crippen molar-refractivity contribution in [2.45, 2.75) is 13.3 Å². The maximum Gasteiger partial charge on any atom is 0.269 e. The number of nitrogens with zero attached hydrogens (tertiary/aromatic N) is 2. The van der Waals surface area contributed by atoms with Crippen LogP contribution in [0.4, 0.5) is 11.4 Å². The second-order valence-corrected chi connectivity index (χ2v) is 7.56. The number of non-ortho nitro benzene ring substituents is 1. The van der Waals surface area contributed by atoms with Gasteiger partial charge in [0.05, 0.1) is 10.6 Å². The zero-order chi connectivity index (χ0) is 24.1. The third kappa shape index (κ3) is 5.04. The molecule has 2 amide bonds. The molecule has 1 heterocycles. The molecule has 4 aromatic rings. The van der Waals surface area contributed by atoms with Crippen LogP contribution in [0, 0.1) is 10.1 Å². The molecule has 0 aliphatic rings. The number of aromatic amines is 1. The monoisotopic (exact) mass is 458 g/mol. The van der Waals surface area contributed by atoms with Gasteiger partial charge in [-0.1, -0.05) is 12.1 Å². The van der Waals surface area contributed by atoms with Gasteiger partial charge < -0.3 is 15.1 Å². The van der Waals surface area contributed by atoms with Crippen LogP contribution in [-0.4, -0.2) is 28.3 Å². The van der Waals surface area contributed by atoms with E-state index < -0.39 is 10.8 Å². The Bertz CT molecular complexity index is 1330. The number of hydroxylamine groups is 1. The second-order valence-electron chi connectivity index (χ2n) is 7.56. The second kappa shape index (κ2) is 9.86. The summed E-state index contributed by atoms with van der Waals surface area (Å²) in [6.45, 7) is 1.81. The molecule has 2 N–H and O–H groups in total. The first-order valence-corrected chi connectivity index (χ1v) is 10.6. The molecule has 0 saturated heterocycles. The molecule has 0 saturated carbocycles. The molecular weight excluding hydrogens is 436 g/mol. The lowest BCUT2D eigenvalue weighted by Gasteiger charge is -2.21. The van der Waals surface area contributed by atoms with Gasteiger partial charge in [0.1, 0.15) is 0 Å². The molecule has 34 heavy (non-hydrogen) atoms. The number of H-pyrrole nitrogens is 1. The summed E-state index contributed by atoms with van der Waals surface area (Å²) in [5.74, 6) is -0.354. The van der Waals surface area contributed by atoms with Gasteiger partial charge in [0.15, 0.2) is 5.75 Å². The van der Waals surface area contributed by atoms with Gasteiger partial charge in [-0.25, -0.2) is 0 Å². The summed E-state index contributed by atoms with van der Waals surface area (Å²) < 4.78 is 0. The number of nitrogens with one attached hydrogen (secondary N) is 2. The van der Waals surface area contributed by atoms with Crippen LogP contribution in [0.2, 0.25) is 0 Å². The highest BCUT2D eigenvalue weighted by Crippen LogP contribution is 2.22. The van der Waals surface area contributed by atoms with Crippen molar-refractivity contribution in [3.05, 3.63) is 100 Å². The topological polar surface area (TPSA) is 118 Å². The van der Waals surface area contributed by atoms with Crippen molar-refractivity contribution in [3.63, 3.8) is 0 Å². The van der Waals surface area contributed by atoms with Crippen LogP contribution in [0.5, 0.6) is 5.75 Å². The number of aromatic nitrogens is 1. The molecule has 9 nitrogen and oxygen atoms in total. The van der Waals surface area contributed by atoms with Crippen molar-refractivity contribution in [1.82, 2.24) is 10.3 Å². The van der Waals surface area contributed by atoms with E-state index in [0.717, 1.165) is 21.5 Å². The first-order chi connectivity index (χ1) is 16.4. The Kier molecular flexibility index (Phi) is 6.54. The Hall–Kier alpha value is -4.66. The Morgan fingerprint density at radius 3 is 2.44 bits per heavy atom. The number of fused-ring (bicyclic) bond motifs is 1. The molecule has 0 spiro atoms. The van der Waals surface area contributed by atoms with E-state index in [1.165, 1.54) is 31.2 Å². The molecule has 172 valence electrons. The number of rotatable bonds is 8. The van der Waals surface area contributed by atoms with Gasteiger partial charge in [0.25, 0.3) is 17.5 Å². The van der Waals surface area contributed by atoms with Crippen molar-refractivity contribution in [3.8, 4) is 5.75 Å². The third-order valence-corrected chi connectivity index (χ3v) is 5.26. The molecular formula is C25H22N4O5. The fourth-order valence-corrected chi connectivity index (χ4v) is 3.56. The molecule has 3 aromatic carbocycles. The number of carbonyl (C=O) groups excluding carboxylic acids is 2. The van der Waals surface area contributed by atoms with Gasteiger partial charge in [-0.05, 0) is 60.5 Å². The van der Waals surface area contributed by atoms with E-state index in [9.17, 15) is 19.7 Å². The fourth-order valence-electron chi connectivity index (χ4n) is 3.56. The summed E-state index contributed by atoms with van der Waals surface area (Å²) >= 11 is 0. The third-order valence-electron chi connectivity index (χ3n) is 5.26. The summed E-state index contributed by atoms with van der Waals surface area (Å²) in [7, 11) is 0. The SMILES string of the molecule is CC(=O)N(Oc1ccc([N+](=O)[O-])cc1)c1ccc(C(=O)NCCc2cccc3[nH]ccc23)cc1. The van der Waals surface area contributed by atoms with Gasteiger partial charge in [0.2, 0.25) is 0 Å². The van der Waals surface area contributed by atoms with Crippen molar-refractivity contribution in [2.75, 3.05) is 11.6 Å². The van der Waals surface area contributed by atoms with Crippen molar-refractivity contribution in [1.29, 1.82) is 0 Å². The van der Waals surface area contributed by atoms with E-state index >= 15 is 0 Å². The highest BCUT2D eigenvalue weighted by Gasteiger charge is 2.16. The van der Waals surface area contributed by atoms with Crippen LogP contribution >= 0.6 is 0 Å². The lowest BCUT2D eigenvalue weighted by Crippen LogP contribution is -2.32.